The molecular formula is C47H82O19P2. The van der Waals surface area contributed by atoms with Gasteiger partial charge in [0.2, 0.25) is 0 Å². The normalized spacial score (nSPS) is 30.9. The molecule has 2 rings (SSSR count). The van der Waals surface area contributed by atoms with E-state index in [9.17, 15) is 68.8 Å². The van der Waals surface area contributed by atoms with Crippen molar-refractivity contribution in [1.29, 1.82) is 0 Å². The van der Waals surface area contributed by atoms with E-state index >= 15 is 0 Å². The van der Waals surface area contributed by atoms with Crippen LogP contribution in [-0.4, -0.2) is 131 Å². The zero-order chi connectivity index (χ0) is 50.5. The lowest BCUT2D eigenvalue weighted by Crippen LogP contribution is -2.56. The zero-order valence-corrected chi connectivity index (χ0v) is 41.8. The van der Waals surface area contributed by atoms with E-state index in [1.807, 2.05) is 6.92 Å². The maximum absolute atomic E-state index is 13.9. The summed E-state index contributed by atoms with van der Waals surface area (Å²) in [6.45, 7) is 2.52. The fourth-order valence-electron chi connectivity index (χ4n) is 8.08. The third-order valence-electron chi connectivity index (χ3n) is 12.1. The predicted molar refractivity (Wildman–Crippen MR) is 251 cm³/mol. The van der Waals surface area contributed by atoms with Crippen LogP contribution in [0, 0.1) is 11.8 Å². The van der Waals surface area contributed by atoms with Crippen molar-refractivity contribution < 1.29 is 91.9 Å². The third-order valence-corrected chi connectivity index (χ3v) is 13.6. The van der Waals surface area contributed by atoms with Gasteiger partial charge >= 0.3 is 27.6 Å². The Kier molecular flexibility index (Phi) is 31.2. The second-order valence-corrected chi connectivity index (χ2v) is 20.6. The first-order valence-electron chi connectivity index (χ1n) is 24.6. The number of esters is 2. The summed E-state index contributed by atoms with van der Waals surface area (Å²) in [5.41, 5.74) is 0. The van der Waals surface area contributed by atoms with Crippen molar-refractivity contribution >= 4 is 33.4 Å². The van der Waals surface area contributed by atoms with Gasteiger partial charge in [-0.1, -0.05) is 121 Å². The molecule has 1 unspecified atom stereocenters. The van der Waals surface area contributed by atoms with Crippen molar-refractivity contribution in [1.82, 2.24) is 0 Å². The fourth-order valence-corrected chi connectivity index (χ4v) is 9.61. The zero-order valence-electron chi connectivity index (χ0n) is 40.0. The van der Waals surface area contributed by atoms with Crippen molar-refractivity contribution in [2.75, 3.05) is 13.2 Å². The Morgan fingerprint density at radius 2 is 1.46 bits per heavy atom. The summed E-state index contributed by atoms with van der Waals surface area (Å²) in [5, 5.41) is 68.1. The van der Waals surface area contributed by atoms with Gasteiger partial charge in [-0.3, -0.25) is 28.0 Å². The average molecular weight is 1010 g/mol. The minimum absolute atomic E-state index is 0.0410. The average Bonchev–Trinajstić information content (AvgIpc) is 3.28. The standard InChI is InChI=1S/C47H82O19P2/c1-3-5-7-8-9-10-11-12-13-14-15-16-17-18-24-28-41(52)64-35-32-62-40(51)27-23-20-19-22-26-36-38(49)31-39(50)37(30-29-34(48)25-21-6-4-2)43(54)46(65-67(57,58)59)47(45(56)44(55)42(36)53)66-68(60,61)63-33-35/h10-11,19,22,29-30,34-38,42-49,53-56H,3-9,12-18,20-21,23-28,31-33H2,1-2H3,(H,60,61)(H2,57,58,59)/b11-10-,22-19-,30-29+/t34-,35+,36-,37-,38-,42+,43+,44-,45+,46+,47-/m0/s1. The van der Waals surface area contributed by atoms with Crippen LogP contribution in [-0.2, 0) is 46.6 Å². The Morgan fingerprint density at radius 1 is 0.838 bits per heavy atom. The lowest BCUT2D eigenvalue weighted by atomic mass is 9.83. The molecule has 9 N–H and O–H groups in total. The van der Waals surface area contributed by atoms with Gasteiger partial charge < -0.3 is 54.8 Å². The summed E-state index contributed by atoms with van der Waals surface area (Å²) >= 11 is 0. The monoisotopic (exact) mass is 1010 g/mol. The minimum Gasteiger partial charge on any atom is -0.462 e. The molecule has 0 spiro atoms. The maximum Gasteiger partial charge on any atom is 0.472 e. The van der Waals surface area contributed by atoms with Crippen LogP contribution in [0.25, 0.3) is 0 Å². The Hall–Kier alpha value is -2.19. The molecule has 1 saturated carbocycles. The van der Waals surface area contributed by atoms with Gasteiger partial charge in [0.05, 0.1) is 36.9 Å². The van der Waals surface area contributed by atoms with E-state index in [1.54, 1.807) is 6.08 Å². The topological polar surface area (TPSA) is 314 Å². The van der Waals surface area contributed by atoms with E-state index in [1.165, 1.54) is 31.8 Å². The van der Waals surface area contributed by atoms with Crippen molar-refractivity contribution in [2.45, 2.75) is 216 Å². The Bertz CT molecular complexity index is 1620. The summed E-state index contributed by atoms with van der Waals surface area (Å²) in [4.78, 5) is 70.6. The van der Waals surface area contributed by atoms with E-state index in [0.717, 1.165) is 76.4 Å². The SMILES string of the molecule is CCCCCC/C=C\CCCCCCCCCC(=O)O[C@@H]1COC(=O)CCC/C=C\C[C@@H]2[C@@H](O)[C@H](O)[C@@H](O)[C@H](OP(=O)(O)OC1)[C@H](OP(=O)(O)O)[C@H](O)[C@@H](/C=C/[C@@H](O)CCCCC)C(=O)C[C@@H]2O. The van der Waals surface area contributed by atoms with Crippen molar-refractivity contribution in [3.05, 3.63) is 36.5 Å². The molecule has 2 bridgehead atoms. The first-order chi connectivity index (χ1) is 32.3. The summed E-state index contributed by atoms with van der Waals surface area (Å²) in [6, 6.07) is 0. The van der Waals surface area contributed by atoms with Gasteiger partial charge in [-0.2, -0.15) is 0 Å². The van der Waals surface area contributed by atoms with E-state index in [-0.39, 0.29) is 38.5 Å². The molecule has 0 radical (unpaired) electrons. The number of fused-ring (bicyclic) bond motifs is 4. The first kappa shape index (κ1) is 61.9. The number of hydrogen-bond acceptors (Lipinski definition) is 16. The van der Waals surface area contributed by atoms with Gasteiger partial charge in [0, 0.05) is 25.2 Å². The molecule has 1 aliphatic heterocycles. The Balaban J connectivity index is 2.35. The minimum atomic E-state index is -5.80. The number of carbonyl (C=O) groups is 3. The largest absolute Gasteiger partial charge is 0.472 e. The molecule has 21 heteroatoms. The number of ketones is 1. The molecule has 1 heterocycles. The molecule has 1 fully saturated rings. The number of unbranched alkanes of at least 4 members (excludes halogenated alkanes) is 13. The lowest BCUT2D eigenvalue weighted by molar-refractivity contribution is -0.165. The number of aliphatic hydroxyl groups excluding tert-OH is 6. The molecule has 1 aliphatic carbocycles. The number of ether oxygens (including phenoxy) is 2. The highest BCUT2D eigenvalue weighted by atomic mass is 31.2. The van der Waals surface area contributed by atoms with Crippen LogP contribution in [0.4, 0.5) is 0 Å². The van der Waals surface area contributed by atoms with Gasteiger partial charge in [0.15, 0.2) is 6.10 Å². The highest BCUT2D eigenvalue weighted by Gasteiger charge is 2.51. The molecule has 394 valence electrons. The number of carbonyl (C=O) groups excluding carboxylic acids is 3. The fraction of sp³-hybridized carbons (Fsp3) is 0.809. The molecule has 0 aromatic rings. The third kappa shape index (κ3) is 25.8. The van der Waals surface area contributed by atoms with Crippen LogP contribution < -0.4 is 0 Å². The Morgan fingerprint density at radius 3 is 2.10 bits per heavy atom. The first-order valence-corrected chi connectivity index (χ1v) is 27.7. The van der Waals surface area contributed by atoms with Crippen LogP contribution >= 0.6 is 15.6 Å². The highest BCUT2D eigenvalue weighted by Crippen LogP contribution is 2.49. The van der Waals surface area contributed by atoms with Gasteiger partial charge in [0.25, 0.3) is 0 Å². The lowest BCUT2D eigenvalue weighted by Gasteiger charge is -2.38. The molecule has 68 heavy (non-hydrogen) atoms. The maximum atomic E-state index is 13.9. The number of aliphatic hydroxyl groups is 6. The molecule has 0 amide bonds. The van der Waals surface area contributed by atoms with E-state index in [4.69, 9.17) is 23.0 Å². The molecule has 0 aromatic heterocycles. The van der Waals surface area contributed by atoms with Crippen molar-refractivity contribution in [3.8, 4) is 0 Å². The second kappa shape index (κ2) is 34.2. The summed E-state index contributed by atoms with van der Waals surface area (Å²) < 4.78 is 52.1. The summed E-state index contributed by atoms with van der Waals surface area (Å²) in [6.07, 6.45) is 5.28. The van der Waals surface area contributed by atoms with Crippen molar-refractivity contribution in [2.24, 2.45) is 11.8 Å². The molecule has 12 atom stereocenters. The van der Waals surface area contributed by atoms with E-state index in [0.29, 0.717) is 12.8 Å². The van der Waals surface area contributed by atoms with Gasteiger partial charge in [-0.15, -0.1) is 0 Å². The number of Topliss-reactive ketones (excluding diaryl/α,β-unsaturated/α-hetero) is 1. The number of allylic oxidation sites excluding steroid dienone is 4. The smallest absolute Gasteiger partial charge is 0.462 e. The Labute approximate surface area is 402 Å². The van der Waals surface area contributed by atoms with Crippen LogP contribution in [0.15, 0.2) is 36.5 Å². The number of rotatable bonds is 24. The van der Waals surface area contributed by atoms with Gasteiger partial charge in [0.1, 0.15) is 36.8 Å². The van der Waals surface area contributed by atoms with Gasteiger partial charge in [-0.25, -0.2) is 9.13 Å². The summed E-state index contributed by atoms with van der Waals surface area (Å²) in [5.74, 6) is -5.81. The van der Waals surface area contributed by atoms with Crippen molar-refractivity contribution in [3.63, 3.8) is 0 Å². The van der Waals surface area contributed by atoms with E-state index in [2.05, 4.69) is 19.1 Å². The van der Waals surface area contributed by atoms with Crippen LogP contribution in [0.2, 0.25) is 0 Å². The van der Waals surface area contributed by atoms with E-state index < -0.39 is 120 Å². The molecule has 19 nitrogen and oxygen atoms in total. The van der Waals surface area contributed by atoms with Crippen LogP contribution in [0.5, 0.6) is 0 Å². The quantitative estimate of drug-likeness (QED) is 0.0228. The second-order valence-electron chi connectivity index (χ2n) is 18.0. The van der Waals surface area contributed by atoms with Crippen LogP contribution in [0.3, 0.4) is 0 Å². The number of hydrogen-bond donors (Lipinski definition) is 9. The number of cyclic esters (lactones) is 1. The van der Waals surface area contributed by atoms with Crippen LogP contribution in [0.1, 0.15) is 162 Å². The van der Waals surface area contributed by atoms with Gasteiger partial charge in [-0.05, 0) is 57.8 Å². The molecule has 0 aromatic carbocycles. The molecule has 2 aliphatic rings. The predicted octanol–water partition coefficient (Wildman–Crippen LogP) is 6.10. The number of phosphoric acid groups is 2. The highest BCUT2D eigenvalue weighted by molar-refractivity contribution is 7.47. The molecule has 0 saturated heterocycles. The molecular weight excluding hydrogens is 930 g/mol. The summed E-state index contributed by atoms with van der Waals surface area (Å²) in [7, 11) is -11.5. The number of phosphoric ester groups is 2.